The molecule has 1 fully saturated rings. The maximum atomic E-state index is 12.3. The SMILES string of the molecule is Nc1nc2c([nH]1)[C@@H]1C(=O)NC(=O)[C@@H]1[C@H](CNC(=O)c1cc(Br)c(Br)[nH]1)C2. The minimum atomic E-state index is -0.647. The molecule has 2 aromatic heterocycles. The highest BCUT2D eigenvalue weighted by Crippen LogP contribution is 2.42. The number of nitrogens with zero attached hydrogens (tertiary/aromatic N) is 1. The van der Waals surface area contributed by atoms with Crippen LogP contribution in [0.15, 0.2) is 15.1 Å². The number of imide groups is 1. The van der Waals surface area contributed by atoms with Gasteiger partial charge in [0.25, 0.3) is 5.91 Å². The fourth-order valence-corrected chi connectivity index (χ4v) is 4.33. The Morgan fingerprint density at radius 3 is 2.77 bits per heavy atom. The summed E-state index contributed by atoms with van der Waals surface area (Å²) in [6.45, 7) is 0.237. The Kier molecular flexibility index (Phi) is 4.14. The first-order chi connectivity index (χ1) is 12.3. The molecule has 0 saturated carbocycles. The van der Waals surface area contributed by atoms with Crippen molar-refractivity contribution < 1.29 is 14.4 Å². The van der Waals surface area contributed by atoms with Crippen LogP contribution in [0, 0.1) is 11.8 Å². The van der Waals surface area contributed by atoms with Crippen molar-refractivity contribution in [2.45, 2.75) is 12.3 Å². The third-order valence-electron chi connectivity index (χ3n) is 4.79. The van der Waals surface area contributed by atoms with Crippen molar-refractivity contribution in [3.05, 3.63) is 32.2 Å². The van der Waals surface area contributed by atoms with Crippen LogP contribution in [0.5, 0.6) is 0 Å². The number of hydrogen-bond acceptors (Lipinski definition) is 5. The summed E-state index contributed by atoms with van der Waals surface area (Å²) in [7, 11) is 0. The molecule has 1 aliphatic heterocycles. The first-order valence-corrected chi connectivity index (χ1v) is 9.45. The zero-order valence-corrected chi connectivity index (χ0v) is 16.4. The van der Waals surface area contributed by atoms with E-state index in [2.05, 4.69) is 57.4 Å². The zero-order chi connectivity index (χ0) is 18.6. The molecule has 2 aromatic rings. The van der Waals surface area contributed by atoms with E-state index in [-0.39, 0.29) is 36.1 Å². The molecule has 1 aliphatic carbocycles. The number of carbonyl (C=O) groups excluding carboxylic acids is 3. The molecule has 3 atom stereocenters. The molecule has 0 bridgehead atoms. The van der Waals surface area contributed by atoms with E-state index in [4.69, 9.17) is 5.73 Å². The molecule has 0 aromatic carbocycles. The van der Waals surface area contributed by atoms with Gasteiger partial charge in [0.05, 0.1) is 32.3 Å². The van der Waals surface area contributed by atoms with Crippen molar-refractivity contribution in [1.29, 1.82) is 0 Å². The van der Waals surface area contributed by atoms with Crippen LogP contribution in [0.4, 0.5) is 5.95 Å². The second-order valence-electron chi connectivity index (χ2n) is 6.36. The summed E-state index contributed by atoms with van der Waals surface area (Å²) in [4.78, 5) is 46.9. The summed E-state index contributed by atoms with van der Waals surface area (Å²) in [6, 6.07) is 1.65. The van der Waals surface area contributed by atoms with Gasteiger partial charge in [-0.1, -0.05) is 0 Å². The Balaban J connectivity index is 1.55. The van der Waals surface area contributed by atoms with Crippen LogP contribution in [0.25, 0.3) is 0 Å². The molecule has 4 rings (SSSR count). The maximum Gasteiger partial charge on any atom is 0.267 e. The van der Waals surface area contributed by atoms with Gasteiger partial charge in [0.1, 0.15) is 5.69 Å². The highest BCUT2D eigenvalue weighted by atomic mass is 79.9. The molecule has 26 heavy (non-hydrogen) atoms. The quantitative estimate of drug-likeness (QED) is 0.408. The van der Waals surface area contributed by atoms with E-state index in [1.165, 1.54) is 0 Å². The molecule has 0 spiro atoms. The van der Waals surface area contributed by atoms with Gasteiger partial charge in [-0.15, -0.1) is 0 Å². The van der Waals surface area contributed by atoms with Crippen LogP contribution in [-0.2, 0) is 16.0 Å². The predicted molar refractivity (Wildman–Crippen MR) is 98.1 cm³/mol. The summed E-state index contributed by atoms with van der Waals surface area (Å²) in [5, 5.41) is 5.19. The Labute approximate surface area is 164 Å². The van der Waals surface area contributed by atoms with Gasteiger partial charge < -0.3 is 21.0 Å². The van der Waals surface area contributed by atoms with E-state index in [1.807, 2.05) is 0 Å². The van der Waals surface area contributed by atoms with Gasteiger partial charge in [-0.2, -0.15) is 0 Å². The van der Waals surface area contributed by atoms with Crippen LogP contribution in [-0.4, -0.2) is 39.2 Å². The van der Waals surface area contributed by atoms with Gasteiger partial charge in [-0.25, -0.2) is 4.98 Å². The number of hydrogen-bond donors (Lipinski definition) is 5. The number of imidazole rings is 1. The molecule has 3 amide bonds. The van der Waals surface area contributed by atoms with Crippen LogP contribution >= 0.6 is 31.9 Å². The highest BCUT2D eigenvalue weighted by molar-refractivity contribution is 9.13. The van der Waals surface area contributed by atoms with Gasteiger partial charge in [0.2, 0.25) is 11.8 Å². The minimum Gasteiger partial charge on any atom is -0.369 e. The van der Waals surface area contributed by atoms with E-state index < -0.39 is 11.8 Å². The number of carbonyl (C=O) groups is 3. The Morgan fingerprint density at radius 1 is 1.31 bits per heavy atom. The van der Waals surface area contributed by atoms with Crippen LogP contribution in [0.3, 0.4) is 0 Å². The number of rotatable bonds is 3. The maximum absolute atomic E-state index is 12.3. The lowest BCUT2D eigenvalue weighted by Gasteiger charge is -2.29. The average Bonchev–Trinajstić information content (AvgIpc) is 3.20. The largest absolute Gasteiger partial charge is 0.369 e. The number of nitrogens with two attached hydrogens (primary N) is 1. The second kappa shape index (κ2) is 6.23. The van der Waals surface area contributed by atoms with Crippen LogP contribution in [0.2, 0.25) is 0 Å². The summed E-state index contributed by atoms with van der Waals surface area (Å²) >= 11 is 6.60. The van der Waals surface area contributed by atoms with E-state index in [1.54, 1.807) is 6.07 Å². The Hall–Kier alpha value is -2.14. The molecule has 11 heteroatoms. The number of anilines is 1. The number of nitrogens with one attached hydrogen (secondary N) is 4. The monoisotopic (exact) mass is 484 g/mol. The van der Waals surface area contributed by atoms with Crippen molar-refractivity contribution in [2.24, 2.45) is 11.8 Å². The van der Waals surface area contributed by atoms with Crippen LogP contribution in [0.1, 0.15) is 27.8 Å². The number of nitrogen functional groups attached to an aromatic ring is 1. The molecular weight excluding hydrogens is 472 g/mol. The van der Waals surface area contributed by atoms with E-state index in [0.717, 1.165) is 4.47 Å². The van der Waals surface area contributed by atoms with Gasteiger partial charge in [-0.05, 0) is 50.3 Å². The number of aromatic nitrogens is 3. The lowest BCUT2D eigenvalue weighted by molar-refractivity contribution is -0.126. The van der Waals surface area contributed by atoms with Crippen molar-refractivity contribution in [2.75, 3.05) is 12.3 Å². The summed E-state index contributed by atoms with van der Waals surface area (Å²) in [6.07, 6.45) is 0.448. The number of aromatic amines is 2. The fourth-order valence-electron chi connectivity index (χ4n) is 3.67. The van der Waals surface area contributed by atoms with E-state index in [0.29, 0.717) is 28.1 Å². The van der Waals surface area contributed by atoms with Gasteiger partial charge in [-0.3, -0.25) is 19.7 Å². The normalized spacial score (nSPS) is 24.2. The molecule has 0 radical (unpaired) electrons. The first-order valence-electron chi connectivity index (χ1n) is 7.86. The third-order valence-corrected chi connectivity index (χ3v) is 6.57. The number of amides is 3. The minimum absolute atomic E-state index is 0.215. The molecule has 136 valence electrons. The molecule has 1 saturated heterocycles. The van der Waals surface area contributed by atoms with Gasteiger partial charge in [0.15, 0.2) is 5.95 Å². The molecule has 9 nitrogen and oxygen atoms in total. The fraction of sp³-hybridized carbons (Fsp3) is 0.333. The molecule has 2 aliphatic rings. The number of fused-ring (bicyclic) bond motifs is 3. The van der Waals surface area contributed by atoms with Crippen molar-refractivity contribution in [3.8, 4) is 0 Å². The van der Waals surface area contributed by atoms with Crippen LogP contribution < -0.4 is 16.4 Å². The van der Waals surface area contributed by atoms with Crippen molar-refractivity contribution >= 4 is 55.5 Å². The van der Waals surface area contributed by atoms with Gasteiger partial charge in [0, 0.05) is 6.54 Å². The summed E-state index contributed by atoms with van der Waals surface area (Å²) in [5.74, 6) is -2.24. The molecule has 3 heterocycles. The lowest BCUT2D eigenvalue weighted by Crippen LogP contribution is -2.40. The topological polar surface area (TPSA) is 146 Å². The summed E-state index contributed by atoms with van der Waals surface area (Å²) < 4.78 is 1.40. The predicted octanol–water partition coefficient (Wildman–Crippen LogP) is 0.803. The lowest BCUT2D eigenvalue weighted by atomic mass is 9.73. The highest BCUT2D eigenvalue weighted by Gasteiger charge is 2.51. The number of H-pyrrole nitrogens is 2. The Morgan fingerprint density at radius 2 is 2.08 bits per heavy atom. The zero-order valence-electron chi connectivity index (χ0n) is 13.2. The van der Waals surface area contributed by atoms with E-state index in [9.17, 15) is 14.4 Å². The second-order valence-corrected chi connectivity index (χ2v) is 8.01. The Bertz CT molecular complexity index is 916. The van der Waals surface area contributed by atoms with Crippen molar-refractivity contribution in [1.82, 2.24) is 25.6 Å². The average molecular weight is 486 g/mol. The standard InChI is InChI=1S/C15H14Br2N6O3/c16-5-2-7(20-11(5)17)12(24)19-3-4-1-6-10(22-15(18)21-6)9-8(4)13(25)23-14(9)26/h2,4,8-9,20H,1,3H2,(H,19,24)(H3,18,21,22)(H,23,25,26)/t4-,8+,9+/m0/s1. The number of halogens is 2. The molecular formula is C15H14Br2N6O3. The van der Waals surface area contributed by atoms with Gasteiger partial charge >= 0.3 is 0 Å². The van der Waals surface area contributed by atoms with E-state index >= 15 is 0 Å². The molecule has 6 N–H and O–H groups in total. The molecule has 0 unspecified atom stereocenters. The van der Waals surface area contributed by atoms with Crippen molar-refractivity contribution in [3.63, 3.8) is 0 Å². The smallest absolute Gasteiger partial charge is 0.267 e. The first kappa shape index (κ1) is 17.3. The third kappa shape index (κ3) is 2.75. The summed E-state index contributed by atoms with van der Waals surface area (Å²) in [5.41, 5.74) is 7.36.